The molecule has 1 saturated heterocycles. The van der Waals surface area contributed by atoms with Gasteiger partial charge in [-0.2, -0.15) is 0 Å². The zero-order valence-electron chi connectivity index (χ0n) is 19.0. The molecule has 2 aliphatic heterocycles. The van der Waals surface area contributed by atoms with E-state index in [0.717, 1.165) is 25.5 Å². The molecule has 0 aliphatic carbocycles. The fourth-order valence-electron chi connectivity index (χ4n) is 4.83. The van der Waals surface area contributed by atoms with Crippen molar-refractivity contribution in [2.75, 3.05) is 18.1 Å². The molecular formula is C26H28I2N2O4. The number of halogens is 2. The van der Waals surface area contributed by atoms with Gasteiger partial charge < -0.3 is 20.0 Å². The van der Waals surface area contributed by atoms with E-state index in [2.05, 4.69) is 45.2 Å². The van der Waals surface area contributed by atoms with Crippen LogP contribution in [0.4, 0.5) is 5.69 Å². The van der Waals surface area contributed by atoms with E-state index in [-0.39, 0.29) is 30.9 Å². The molecule has 2 N–H and O–H groups in total. The summed E-state index contributed by atoms with van der Waals surface area (Å²) in [5.41, 5.74) is 0.588. The summed E-state index contributed by atoms with van der Waals surface area (Å²) >= 11 is 4.44. The summed E-state index contributed by atoms with van der Waals surface area (Å²) in [5, 5.41) is 21.3. The maximum absolute atomic E-state index is 13.6. The molecule has 8 heteroatoms. The first-order chi connectivity index (χ1) is 16.3. The highest BCUT2D eigenvalue weighted by molar-refractivity contribution is 14.1. The highest BCUT2D eigenvalue weighted by Crippen LogP contribution is 2.46. The van der Waals surface area contributed by atoms with Crippen LogP contribution in [-0.2, 0) is 21.7 Å². The molecule has 1 fully saturated rings. The largest absolute Gasteiger partial charge is 0.394 e. The molecule has 0 spiro atoms. The minimum absolute atomic E-state index is 0.0219. The summed E-state index contributed by atoms with van der Waals surface area (Å²) in [5.74, 6) is -0.926. The van der Waals surface area contributed by atoms with E-state index in [9.17, 15) is 19.8 Å². The number of carbonyl (C=O) groups is 2. The number of anilines is 1. The maximum Gasteiger partial charge on any atom is 0.264 e. The number of hydrogen-bond acceptors (Lipinski definition) is 4. The second-order valence-electron chi connectivity index (χ2n) is 8.93. The third-order valence-electron chi connectivity index (χ3n) is 6.77. The van der Waals surface area contributed by atoms with Gasteiger partial charge in [-0.25, -0.2) is 0 Å². The average molecular weight is 686 g/mol. The molecule has 2 heterocycles. The molecule has 2 aromatic rings. The molecule has 0 bridgehead atoms. The summed E-state index contributed by atoms with van der Waals surface area (Å²) < 4.78 is 2.06. The summed E-state index contributed by atoms with van der Waals surface area (Å²) in [7, 11) is 0. The number of carbonyl (C=O) groups excluding carboxylic acids is 2. The summed E-state index contributed by atoms with van der Waals surface area (Å²) in [4.78, 5) is 29.6. The van der Waals surface area contributed by atoms with Gasteiger partial charge in [0.2, 0.25) is 5.91 Å². The van der Waals surface area contributed by atoms with Crippen LogP contribution in [0.5, 0.6) is 0 Å². The van der Waals surface area contributed by atoms with Crippen LogP contribution in [0.25, 0.3) is 0 Å². The predicted molar refractivity (Wildman–Crippen MR) is 148 cm³/mol. The third-order valence-corrected chi connectivity index (χ3v) is 8.16. The molecule has 4 rings (SSSR count). The number of amides is 2. The number of likely N-dealkylation sites (tertiary alicyclic amines) is 1. The van der Waals surface area contributed by atoms with Crippen LogP contribution in [0, 0.1) is 13.1 Å². The first kappa shape index (κ1) is 25.6. The van der Waals surface area contributed by atoms with Gasteiger partial charge in [0.1, 0.15) is 0 Å². The van der Waals surface area contributed by atoms with Crippen LogP contribution < -0.4 is 4.90 Å². The smallest absolute Gasteiger partial charge is 0.264 e. The van der Waals surface area contributed by atoms with Gasteiger partial charge in [0.25, 0.3) is 5.91 Å². The van der Waals surface area contributed by atoms with Crippen molar-refractivity contribution in [1.82, 2.24) is 4.90 Å². The Balaban J connectivity index is 1.55. The van der Waals surface area contributed by atoms with Crippen molar-refractivity contribution in [1.29, 1.82) is 0 Å². The molecule has 0 unspecified atom stereocenters. The Morgan fingerprint density at radius 1 is 1.21 bits per heavy atom. The van der Waals surface area contributed by atoms with Crippen LogP contribution >= 0.6 is 45.2 Å². The van der Waals surface area contributed by atoms with E-state index in [1.807, 2.05) is 49.4 Å². The van der Waals surface area contributed by atoms with Gasteiger partial charge in [-0.15, -0.1) is 0 Å². The van der Waals surface area contributed by atoms with Gasteiger partial charge in [0.15, 0.2) is 5.60 Å². The van der Waals surface area contributed by atoms with Gasteiger partial charge in [-0.05, 0) is 93.9 Å². The molecule has 2 aliphatic rings. The summed E-state index contributed by atoms with van der Waals surface area (Å²) in [6.07, 6.45) is 5.40. The molecule has 0 radical (unpaired) electrons. The highest BCUT2D eigenvalue weighted by Gasteiger charge is 2.52. The van der Waals surface area contributed by atoms with Crippen molar-refractivity contribution in [3.63, 3.8) is 0 Å². The Morgan fingerprint density at radius 2 is 1.91 bits per heavy atom. The van der Waals surface area contributed by atoms with Crippen molar-refractivity contribution in [3.8, 4) is 0 Å². The zero-order valence-corrected chi connectivity index (χ0v) is 23.3. The molecule has 34 heavy (non-hydrogen) atoms. The van der Waals surface area contributed by atoms with E-state index < -0.39 is 11.5 Å². The number of fused-ring (bicyclic) bond motifs is 1. The van der Waals surface area contributed by atoms with Crippen LogP contribution in [0.3, 0.4) is 0 Å². The van der Waals surface area contributed by atoms with Crippen molar-refractivity contribution in [2.45, 2.75) is 44.4 Å². The van der Waals surface area contributed by atoms with E-state index in [1.165, 1.54) is 0 Å². The number of rotatable bonds is 7. The van der Waals surface area contributed by atoms with Crippen molar-refractivity contribution in [2.24, 2.45) is 5.92 Å². The quantitative estimate of drug-likeness (QED) is 0.339. The van der Waals surface area contributed by atoms with Gasteiger partial charge in [0, 0.05) is 31.6 Å². The molecule has 180 valence electrons. The number of hydrogen-bond donors (Lipinski definition) is 2. The summed E-state index contributed by atoms with van der Waals surface area (Å²) in [6, 6.07) is 13.6. The fourth-order valence-corrected chi connectivity index (χ4v) is 5.68. The molecule has 0 aromatic heterocycles. The molecule has 3 atom stereocenters. The molecule has 2 aromatic carbocycles. The SMILES string of the molecule is C[C@@H](/C=C/CC(=O)N1CCC[C@H]1CO)[C@]1(O)C(=O)N(Cc2ccc(I)cc2)c2ccc(I)cc21. The molecule has 0 saturated carbocycles. The van der Waals surface area contributed by atoms with Gasteiger partial charge in [-0.1, -0.05) is 31.2 Å². The lowest BCUT2D eigenvalue weighted by Crippen LogP contribution is -2.44. The second-order valence-corrected chi connectivity index (χ2v) is 11.4. The number of aliphatic hydroxyl groups excluding tert-OH is 1. The predicted octanol–water partition coefficient (Wildman–Crippen LogP) is 4.20. The van der Waals surface area contributed by atoms with Crippen LogP contribution in [0.15, 0.2) is 54.6 Å². The Bertz CT molecular complexity index is 1100. The van der Waals surface area contributed by atoms with Gasteiger partial charge in [-0.3, -0.25) is 9.59 Å². The lowest BCUT2D eigenvalue weighted by atomic mass is 9.83. The van der Waals surface area contributed by atoms with Crippen LogP contribution in [-0.4, -0.2) is 46.1 Å². The Morgan fingerprint density at radius 3 is 2.62 bits per heavy atom. The van der Waals surface area contributed by atoms with Crippen molar-refractivity contribution >= 4 is 62.7 Å². The van der Waals surface area contributed by atoms with Gasteiger partial charge >= 0.3 is 0 Å². The first-order valence-corrected chi connectivity index (χ1v) is 13.6. The van der Waals surface area contributed by atoms with E-state index in [4.69, 9.17) is 0 Å². The maximum atomic E-state index is 13.6. The highest BCUT2D eigenvalue weighted by atomic mass is 127. The molecular weight excluding hydrogens is 658 g/mol. The monoisotopic (exact) mass is 686 g/mol. The second kappa shape index (κ2) is 10.6. The Labute approximate surface area is 227 Å². The standard InChI is InChI=1S/C26H28I2N2O4/c1-17(4-2-6-24(32)29-13-3-5-21(29)16-31)26(34)22-14-20(28)11-12-23(22)30(25(26)33)15-18-7-9-19(27)10-8-18/h2,4,7-12,14,17,21,31,34H,3,5-6,13,15-16H2,1H3/b4-2+/t17-,21-,26+/m0/s1. The van der Waals surface area contributed by atoms with E-state index in [1.54, 1.807) is 22.0 Å². The van der Waals surface area contributed by atoms with Crippen LogP contribution in [0.2, 0.25) is 0 Å². The fraction of sp³-hybridized carbons (Fsp3) is 0.385. The minimum Gasteiger partial charge on any atom is -0.394 e. The number of benzene rings is 2. The van der Waals surface area contributed by atoms with Crippen LogP contribution in [0.1, 0.15) is 37.3 Å². The first-order valence-electron chi connectivity index (χ1n) is 11.4. The molecule has 2 amide bonds. The normalized spacial score (nSPS) is 23.1. The van der Waals surface area contributed by atoms with E-state index in [0.29, 0.717) is 24.3 Å². The zero-order chi connectivity index (χ0) is 24.5. The van der Waals surface area contributed by atoms with Crippen molar-refractivity contribution < 1.29 is 19.8 Å². The third kappa shape index (κ3) is 4.91. The minimum atomic E-state index is -1.71. The Hall–Kier alpha value is -1.50. The lowest BCUT2D eigenvalue weighted by Gasteiger charge is -2.28. The number of aliphatic hydroxyl groups is 2. The number of nitrogens with zero attached hydrogens (tertiary/aromatic N) is 2. The average Bonchev–Trinajstić information content (AvgIpc) is 3.38. The van der Waals surface area contributed by atoms with Gasteiger partial charge in [0.05, 0.1) is 24.9 Å². The summed E-state index contributed by atoms with van der Waals surface area (Å²) in [6.45, 7) is 2.82. The lowest BCUT2D eigenvalue weighted by molar-refractivity contribution is -0.139. The van der Waals surface area contributed by atoms with Crippen molar-refractivity contribution in [3.05, 3.63) is 72.9 Å². The Kier molecular flexibility index (Phi) is 8.00. The topological polar surface area (TPSA) is 81.1 Å². The van der Waals surface area contributed by atoms with E-state index >= 15 is 0 Å². The molecule has 6 nitrogen and oxygen atoms in total.